The third-order valence-corrected chi connectivity index (χ3v) is 5.98. The second-order valence-electron chi connectivity index (χ2n) is 6.11. The lowest BCUT2D eigenvalue weighted by molar-refractivity contribution is -0.119. The third-order valence-electron chi connectivity index (χ3n) is 3.94. The SMILES string of the molecule is Cc1ccc(S(=O)(=O)N(CC(=O)N/N=C\c2ccco2)c2ccc(Cl)cc2)cc1. The van der Waals surface area contributed by atoms with E-state index in [1.165, 1.54) is 36.7 Å². The van der Waals surface area contributed by atoms with Gasteiger partial charge >= 0.3 is 0 Å². The number of benzene rings is 2. The van der Waals surface area contributed by atoms with E-state index >= 15 is 0 Å². The molecule has 1 amide bonds. The molecule has 0 bridgehead atoms. The van der Waals surface area contributed by atoms with E-state index in [0.29, 0.717) is 16.5 Å². The molecule has 1 N–H and O–H groups in total. The van der Waals surface area contributed by atoms with Crippen LogP contribution in [0.25, 0.3) is 0 Å². The van der Waals surface area contributed by atoms with Gasteiger partial charge in [-0.05, 0) is 55.5 Å². The highest BCUT2D eigenvalue weighted by Gasteiger charge is 2.27. The zero-order valence-corrected chi connectivity index (χ0v) is 17.0. The second kappa shape index (κ2) is 8.93. The Labute approximate surface area is 173 Å². The summed E-state index contributed by atoms with van der Waals surface area (Å²) >= 11 is 5.91. The minimum Gasteiger partial charge on any atom is -0.463 e. The maximum Gasteiger partial charge on any atom is 0.264 e. The molecule has 3 rings (SSSR count). The Kier molecular flexibility index (Phi) is 6.36. The molecule has 0 saturated heterocycles. The molecule has 0 fully saturated rings. The van der Waals surface area contributed by atoms with Crippen LogP contribution in [-0.4, -0.2) is 27.1 Å². The highest BCUT2D eigenvalue weighted by atomic mass is 35.5. The molecule has 150 valence electrons. The van der Waals surface area contributed by atoms with E-state index in [2.05, 4.69) is 10.5 Å². The molecule has 0 radical (unpaired) electrons. The van der Waals surface area contributed by atoms with Crippen molar-refractivity contribution in [2.24, 2.45) is 5.10 Å². The standard InChI is InChI=1S/C20H18ClN3O4S/c1-15-4-10-19(11-5-15)29(26,27)24(17-8-6-16(21)7-9-17)14-20(25)23-22-13-18-3-2-12-28-18/h2-13H,14H2,1H3,(H,23,25)/b22-13-. The number of anilines is 1. The Morgan fingerprint density at radius 3 is 2.45 bits per heavy atom. The average Bonchev–Trinajstić information content (AvgIpc) is 3.21. The van der Waals surface area contributed by atoms with E-state index in [-0.39, 0.29) is 4.90 Å². The largest absolute Gasteiger partial charge is 0.463 e. The van der Waals surface area contributed by atoms with Gasteiger partial charge < -0.3 is 4.42 Å². The first-order valence-corrected chi connectivity index (χ1v) is 10.4. The van der Waals surface area contributed by atoms with Crippen LogP contribution in [0.2, 0.25) is 5.02 Å². The smallest absolute Gasteiger partial charge is 0.264 e. The third kappa shape index (κ3) is 5.24. The van der Waals surface area contributed by atoms with Crippen molar-refractivity contribution in [3.8, 4) is 0 Å². The molecule has 0 atom stereocenters. The number of nitrogens with one attached hydrogen (secondary N) is 1. The second-order valence-corrected chi connectivity index (χ2v) is 8.41. The van der Waals surface area contributed by atoms with Gasteiger partial charge in [-0.25, -0.2) is 13.8 Å². The van der Waals surface area contributed by atoms with Crippen LogP contribution in [0.5, 0.6) is 0 Å². The van der Waals surface area contributed by atoms with Crippen molar-refractivity contribution in [2.75, 3.05) is 10.8 Å². The van der Waals surface area contributed by atoms with Gasteiger partial charge in [-0.1, -0.05) is 29.3 Å². The molecule has 1 heterocycles. The van der Waals surface area contributed by atoms with Crippen LogP contribution in [0.4, 0.5) is 5.69 Å². The molecule has 0 aliphatic carbocycles. The fraction of sp³-hybridized carbons (Fsp3) is 0.100. The number of halogens is 1. The van der Waals surface area contributed by atoms with Crippen molar-refractivity contribution in [2.45, 2.75) is 11.8 Å². The number of aryl methyl sites for hydroxylation is 1. The van der Waals surface area contributed by atoms with Crippen LogP contribution in [0.1, 0.15) is 11.3 Å². The molecule has 0 spiro atoms. The summed E-state index contributed by atoms with van der Waals surface area (Å²) in [5.74, 6) is -0.162. The number of hydrazone groups is 1. The fourth-order valence-corrected chi connectivity index (χ4v) is 4.01. The van der Waals surface area contributed by atoms with Crippen molar-refractivity contribution >= 4 is 39.4 Å². The van der Waals surface area contributed by atoms with E-state index < -0.39 is 22.5 Å². The number of furan rings is 1. The molecule has 3 aromatic rings. The van der Waals surface area contributed by atoms with Crippen molar-refractivity contribution in [3.05, 3.63) is 83.3 Å². The molecule has 0 saturated carbocycles. The van der Waals surface area contributed by atoms with Gasteiger partial charge in [-0.2, -0.15) is 5.10 Å². The maximum atomic E-state index is 13.2. The quantitative estimate of drug-likeness (QED) is 0.457. The topological polar surface area (TPSA) is 92.0 Å². The summed E-state index contributed by atoms with van der Waals surface area (Å²) in [6.07, 6.45) is 2.79. The number of nitrogens with zero attached hydrogens (tertiary/aromatic N) is 2. The molecule has 0 aliphatic heterocycles. The van der Waals surface area contributed by atoms with Gasteiger partial charge in [0.1, 0.15) is 12.3 Å². The van der Waals surface area contributed by atoms with E-state index in [1.807, 2.05) is 6.92 Å². The molecule has 29 heavy (non-hydrogen) atoms. The average molecular weight is 432 g/mol. The Bertz CT molecular complexity index is 1090. The minimum atomic E-state index is -3.99. The Balaban J connectivity index is 1.85. The number of hydrogen-bond acceptors (Lipinski definition) is 5. The normalized spacial score (nSPS) is 11.5. The predicted molar refractivity (Wildman–Crippen MR) is 112 cm³/mol. The summed E-state index contributed by atoms with van der Waals surface area (Å²) < 4.78 is 32.5. The zero-order chi connectivity index (χ0) is 20.9. The lowest BCUT2D eigenvalue weighted by Crippen LogP contribution is -2.39. The monoisotopic (exact) mass is 431 g/mol. The fourth-order valence-electron chi connectivity index (χ4n) is 2.46. The van der Waals surface area contributed by atoms with E-state index in [1.54, 1.807) is 36.4 Å². The molecular weight excluding hydrogens is 414 g/mol. The molecule has 7 nitrogen and oxygen atoms in total. The van der Waals surface area contributed by atoms with Gasteiger partial charge in [0, 0.05) is 5.02 Å². The summed E-state index contributed by atoms with van der Waals surface area (Å²) in [6.45, 7) is 1.39. The number of hydrogen-bond donors (Lipinski definition) is 1. The lowest BCUT2D eigenvalue weighted by atomic mass is 10.2. The van der Waals surface area contributed by atoms with Crippen LogP contribution in [0.15, 0.2) is 81.3 Å². The van der Waals surface area contributed by atoms with Crippen molar-refractivity contribution in [1.82, 2.24) is 5.43 Å². The van der Waals surface area contributed by atoms with Gasteiger partial charge in [0.2, 0.25) is 0 Å². The predicted octanol–water partition coefficient (Wildman–Crippen LogP) is 3.59. The van der Waals surface area contributed by atoms with Gasteiger partial charge in [-0.3, -0.25) is 9.10 Å². The van der Waals surface area contributed by atoms with Crippen LogP contribution in [0.3, 0.4) is 0 Å². The number of rotatable bonds is 7. The van der Waals surface area contributed by atoms with E-state index in [4.69, 9.17) is 16.0 Å². The molecule has 9 heteroatoms. The first-order chi connectivity index (χ1) is 13.9. The summed E-state index contributed by atoms with van der Waals surface area (Å²) in [5, 5.41) is 4.23. The number of amides is 1. The Morgan fingerprint density at radius 2 is 1.83 bits per heavy atom. The van der Waals surface area contributed by atoms with Crippen LogP contribution >= 0.6 is 11.6 Å². The molecule has 2 aromatic carbocycles. The molecule has 1 aromatic heterocycles. The van der Waals surface area contributed by atoms with Crippen molar-refractivity contribution in [3.63, 3.8) is 0 Å². The molecular formula is C20H18ClN3O4S. The van der Waals surface area contributed by atoms with Crippen molar-refractivity contribution < 1.29 is 17.6 Å². The van der Waals surface area contributed by atoms with Gasteiger partial charge in [0.25, 0.3) is 15.9 Å². The Hall–Kier alpha value is -3.10. The van der Waals surface area contributed by atoms with E-state index in [0.717, 1.165) is 9.87 Å². The summed E-state index contributed by atoms with van der Waals surface area (Å²) in [6, 6.07) is 15.9. The van der Waals surface area contributed by atoms with Crippen molar-refractivity contribution in [1.29, 1.82) is 0 Å². The number of carbonyl (C=O) groups excluding carboxylic acids is 1. The highest BCUT2D eigenvalue weighted by molar-refractivity contribution is 7.92. The van der Waals surface area contributed by atoms with Crippen LogP contribution < -0.4 is 9.73 Å². The van der Waals surface area contributed by atoms with Gasteiger partial charge in [-0.15, -0.1) is 0 Å². The highest BCUT2D eigenvalue weighted by Crippen LogP contribution is 2.25. The lowest BCUT2D eigenvalue weighted by Gasteiger charge is -2.23. The van der Waals surface area contributed by atoms with Gasteiger partial charge in [0.05, 0.1) is 23.1 Å². The van der Waals surface area contributed by atoms with E-state index in [9.17, 15) is 13.2 Å². The first-order valence-electron chi connectivity index (χ1n) is 8.56. The number of carbonyl (C=O) groups is 1. The summed E-state index contributed by atoms with van der Waals surface area (Å²) in [7, 11) is -3.99. The number of sulfonamides is 1. The molecule has 0 unspecified atom stereocenters. The maximum absolute atomic E-state index is 13.2. The van der Waals surface area contributed by atoms with Gasteiger partial charge in [0.15, 0.2) is 0 Å². The summed E-state index contributed by atoms with van der Waals surface area (Å²) in [4.78, 5) is 12.4. The van der Waals surface area contributed by atoms with Crippen LogP contribution in [-0.2, 0) is 14.8 Å². The Morgan fingerprint density at radius 1 is 1.14 bits per heavy atom. The zero-order valence-electron chi connectivity index (χ0n) is 15.4. The van der Waals surface area contributed by atoms with Crippen LogP contribution in [0, 0.1) is 6.92 Å². The minimum absolute atomic E-state index is 0.0740. The first kappa shape index (κ1) is 20.6. The molecule has 0 aliphatic rings. The summed E-state index contributed by atoms with van der Waals surface area (Å²) in [5.41, 5.74) is 3.53.